The van der Waals surface area contributed by atoms with Gasteiger partial charge >= 0.3 is 0 Å². The molecular weight excluding hydrogens is 326 g/mol. The molecule has 4 heteroatoms. The molecule has 1 aromatic rings. The molecule has 0 bridgehead atoms. The summed E-state index contributed by atoms with van der Waals surface area (Å²) in [4.78, 5) is 1.36. The van der Waals surface area contributed by atoms with Gasteiger partial charge in [0, 0.05) is 15.4 Å². The van der Waals surface area contributed by atoms with Crippen LogP contribution in [-0.4, -0.2) is 7.05 Å². The second kappa shape index (κ2) is 4.64. The molecule has 1 rings (SSSR count). The Morgan fingerprint density at radius 3 is 2.21 bits per heavy atom. The Labute approximate surface area is 107 Å². The Bertz CT molecular complexity index is 295. The van der Waals surface area contributed by atoms with Crippen molar-refractivity contribution in [2.75, 3.05) is 7.05 Å². The van der Waals surface area contributed by atoms with Gasteiger partial charge in [-0.15, -0.1) is 11.3 Å². The maximum absolute atomic E-state index is 3.52. The average Bonchev–Trinajstić information content (AvgIpc) is 2.30. The highest BCUT2D eigenvalue weighted by molar-refractivity contribution is 9.13. The molecule has 0 fully saturated rings. The Kier molecular flexibility index (Phi) is 4.21. The molecule has 1 nitrogen and oxygen atoms in total. The Balaban J connectivity index is 3.01. The average molecular weight is 341 g/mol. The normalized spacial score (nSPS) is 14.4. The van der Waals surface area contributed by atoms with E-state index in [0.29, 0.717) is 6.04 Å². The topological polar surface area (TPSA) is 12.0 Å². The zero-order valence-corrected chi connectivity index (χ0v) is 12.8. The van der Waals surface area contributed by atoms with E-state index < -0.39 is 0 Å². The number of rotatable bonds is 2. The van der Waals surface area contributed by atoms with Gasteiger partial charge in [-0.1, -0.05) is 20.8 Å². The maximum atomic E-state index is 3.52. The van der Waals surface area contributed by atoms with Crippen LogP contribution in [0, 0.1) is 5.41 Å². The first-order valence-corrected chi connectivity index (χ1v) is 6.88. The van der Waals surface area contributed by atoms with Crippen LogP contribution in [0.2, 0.25) is 0 Å². The summed E-state index contributed by atoms with van der Waals surface area (Å²) >= 11 is 8.82. The summed E-state index contributed by atoms with van der Waals surface area (Å²) in [7, 11) is 2.01. The monoisotopic (exact) mass is 339 g/mol. The lowest BCUT2D eigenvalue weighted by Gasteiger charge is -2.29. The predicted molar refractivity (Wildman–Crippen MR) is 71.0 cm³/mol. The quantitative estimate of drug-likeness (QED) is 0.830. The molecule has 1 N–H and O–H groups in total. The lowest BCUT2D eigenvalue weighted by Crippen LogP contribution is -2.28. The minimum Gasteiger partial charge on any atom is -0.312 e. The van der Waals surface area contributed by atoms with Gasteiger partial charge in [0.25, 0.3) is 0 Å². The fourth-order valence-electron chi connectivity index (χ4n) is 1.51. The fourth-order valence-corrected chi connectivity index (χ4v) is 3.95. The molecule has 14 heavy (non-hydrogen) atoms. The molecule has 0 aliphatic heterocycles. The van der Waals surface area contributed by atoms with Crippen LogP contribution in [0.1, 0.15) is 31.7 Å². The Morgan fingerprint density at radius 2 is 1.93 bits per heavy atom. The first kappa shape index (κ1) is 12.7. The third kappa shape index (κ3) is 2.81. The van der Waals surface area contributed by atoms with Gasteiger partial charge in [-0.3, -0.25) is 0 Å². The number of hydrogen-bond donors (Lipinski definition) is 1. The molecular formula is C10H15Br2NS. The minimum absolute atomic E-state index is 0.235. The van der Waals surface area contributed by atoms with E-state index in [1.807, 2.05) is 7.05 Å². The highest BCUT2D eigenvalue weighted by Gasteiger charge is 2.26. The van der Waals surface area contributed by atoms with Gasteiger partial charge in [-0.05, 0) is 50.4 Å². The Morgan fingerprint density at radius 1 is 1.36 bits per heavy atom. The van der Waals surface area contributed by atoms with Crippen molar-refractivity contribution in [2.24, 2.45) is 5.41 Å². The highest BCUT2D eigenvalue weighted by atomic mass is 79.9. The SMILES string of the molecule is CNC(c1cc(Br)c(Br)s1)C(C)(C)C. The summed E-state index contributed by atoms with van der Waals surface area (Å²) < 4.78 is 2.30. The standard InChI is InChI=1S/C10H15Br2NS/c1-10(2,3)8(13-4)7-5-6(11)9(12)14-7/h5,8,13H,1-4H3. The molecule has 0 aliphatic carbocycles. The van der Waals surface area contributed by atoms with Gasteiger partial charge in [0.1, 0.15) is 0 Å². The van der Waals surface area contributed by atoms with Gasteiger partial charge in [0.2, 0.25) is 0 Å². The molecule has 0 amide bonds. The molecule has 0 radical (unpaired) electrons. The summed E-state index contributed by atoms with van der Waals surface area (Å²) in [5, 5.41) is 3.37. The fraction of sp³-hybridized carbons (Fsp3) is 0.600. The smallest absolute Gasteiger partial charge is 0.0843 e. The van der Waals surface area contributed by atoms with E-state index in [-0.39, 0.29) is 5.41 Å². The molecule has 0 aliphatic rings. The number of thiophene rings is 1. The lowest BCUT2D eigenvalue weighted by molar-refractivity contribution is 0.291. The lowest BCUT2D eigenvalue weighted by atomic mass is 9.86. The third-order valence-corrected chi connectivity index (χ3v) is 5.42. The number of nitrogens with one attached hydrogen (secondary N) is 1. The highest BCUT2D eigenvalue weighted by Crippen LogP contribution is 2.41. The van der Waals surface area contributed by atoms with Crippen LogP contribution in [0.4, 0.5) is 0 Å². The first-order valence-electron chi connectivity index (χ1n) is 4.48. The maximum Gasteiger partial charge on any atom is 0.0843 e. The van der Waals surface area contributed by atoms with Gasteiger partial charge in [0.05, 0.1) is 3.79 Å². The molecule has 0 aromatic carbocycles. The summed E-state index contributed by atoms with van der Waals surface area (Å²) in [6.45, 7) is 6.74. The summed E-state index contributed by atoms with van der Waals surface area (Å²) in [5.41, 5.74) is 0.235. The molecule has 1 atom stereocenters. The van der Waals surface area contributed by atoms with Gasteiger partial charge in [-0.25, -0.2) is 0 Å². The summed E-state index contributed by atoms with van der Waals surface area (Å²) in [6.07, 6.45) is 0. The molecule has 0 saturated carbocycles. The number of hydrogen-bond acceptors (Lipinski definition) is 2. The summed E-state index contributed by atoms with van der Waals surface area (Å²) in [5.74, 6) is 0. The van der Waals surface area contributed by atoms with E-state index in [1.54, 1.807) is 11.3 Å². The molecule has 80 valence electrons. The molecule has 1 unspecified atom stereocenters. The van der Waals surface area contributed by atoms with Crippen molar-refractivity contribution in [3.05, 3.63) is 19.2 Å². The van der Waals surface area contributed by atoms with Crippen LogP contribution < -0.4 is 5.32 Å². The van der Waals surface area contributed by atoms with Crippen LogP contribution in [0.5, 0.6) is 0 Å². The molecule has 0 saturated heterocycles. The van der Waals surface area contributed by atoms with E-state index in [4.69, 9.17) is 0 Å². The van der Waals surface area contributed by atoms with Crippen molar-refractivity contribution in [3.8, 4) is 0 Å². The van der Waals surface area contributed by atoms with Crippen LogP contribution >= 0.6 is 43.2 Å². The van der Waals surface area contributed by atoms with Crippen molar-refractivity contribution >= 4 is 43.2 Å². The molecule has 0 spiro atoms. The van der Waals surface area contributed by atoms with E-state index in [0.717, 1.165) is 8.26 Å². The second-order valence-electron chi connectivity index (χ2n) is 4.36. The number of halogens is 2. The predicted octanol–water partition coefficient (Wildman–Crippen LogP) is 4.58. The molecule has 1 heterocycles. The van der Waals surface area contributed by atoms with Crippen molar-refractivity contribution in [2.45, 2.75) is 26.8 Å². The van der Waals surface area contributed by atoms with Gasteiger partial charge in [0.15, 0.2) is 0 Å². The van der Waals surface area contributed by atoms with Crippen LogP contribution in [-0.2, 0) is 0 Å². The van der Waals surface area contributed by atoms with Crippen molar-refractivity contribution < 1.29 is 0 Å². The first-order chi connectivity index (χ1) is 6.36. The third-order valence-electron chi connectivity index (χ3n) is 2.10. The van der Waals surface area contributed by atoms with E-state index in [9.17, 15) is 0 Å². The van der Waals surface area contributed by atoms with Crippen molar-refractivity contribution in [1.29, 1.82) is 0 Å². The van der Waals surface area contributed by atoms with Crippen molar-refractivity contribution in [1.82, 2.24) is 5.32 Å². The van der Waals surface area contributed by atoms with Crippen LogP contribution in [0.3, 0.4) is 0 Å². The van der Waals surface area contributed by atoms with Gasteiger partial charge in [-0.2, -0.15) is 0 Å². The van der Waals surface area contributed by atoms with Gasteiger partial charge < -0.3 is 5.32 Å². The van der Waals surface area contributed by atoms with E-state index >= 15 is 0 Å². The minimum atomic E-state index is 0.235. The van der Waals surface area contributed by atoms with Crippen molar-refractivity contribution in [3.63, 3.8) is 0 Å². The van der Waals surface area contributed by atoms with Crippen LogP contribution in [0.15, 0.2) is 14.3 Å². The second-order valence-corrected chi connectivity index (χ2v) is 7.61. The van der Waals surface area contributed by atoms with E-state index in [1.165, 1.54) is 4.88 Å². The van der Waals surface area contributed by atoms with Crippen LogP contribution in [0.25, 0.3) is 0 Å². The summed E-state index contributed by atoms with van der Waals surface area (Å²) in [6, 6.07) is 2.58. The molecule has 1 aromatic heterocycles. The largest absolute Gasteiger partial charge is 0.312 e. The Hall–Kier alpha value is 0.620. The zero-order chi connectivity index (χ0) is 10.9. The zero-order valence-electron chi connectivity index (χ0n) is 8.82. The van der Waals surface area contributed by atoms with E-state index in [2.05, 4.69) is 64.0 Å².